The highest BCUT2D eigenvalue weighted by Crippen LogP contribution is 2.23. The molecule has 22 heavy (non-hydrogen) atoms. The van der Waals surface area contributed by atoms with Crippen molar-refractivity contribution in [1.82, 2.24) is 4.90 Å². The molecule has 4 nitrogen and oxygen atoms in total. The lowest BCUT2D eigenvalue weighted by molar-refractivity contribution is 0.260. The molecule has 1 saturated heterocycles. The monoisotopic (exact) mass is 319 g/mol. The minimum atomic E-state index is -2.93. The molecule has 118 valence electrons. The number of nitrogens with zero attached hydrogens (tertiary/aromatic N) is 1. The first-order valence-corrected chi connectivity index (χ1v) is 9.34. The smallest absolute Gasteiger partial charge is 0.154 e. The second-order valence-corrected chi connectivity index (χ2v) is 8.41. The summed E-state index contributed by atoms with van der Waals surface area (Å²) in [6.07, 6.45) is 0.689. The van der Waals surface area contributed by atoms with Crippen LogP contribution in [0.25, 0.3) is 11.3 Å². The highest BCUT2D eigenvalue weighted by molar-refractivity contribution is 7.92. The molecule has 1 fully saturated rings. The Hall–Kier alpha value is -1.59. The van der Waals surface area contributed by atoms with Crippen molar-refractivity contribution < 1.29 is 12.8 Å². The molecule has 2 aromatic rings. The fourth-order valence-corrected chi connectivity index (χ4v) is 4.09. The van der Waals surface area contributed by atoms with Crippen molar-refractivity contribution in [3.8, 4) is 11.3 Å². The van der Waals surface area contributed by atoms with E-state index in [4.69, 9.17) is 4.42 Å². The van der Waals surface area contributed by atoms with E-state index in [0.717, 1.165) is 23.6 Å². The van der Waals surface area contributed by atoms with Crippen molar-refractivity contribution in [2.75, 3.05) is 18.8 Å². The highest BCUT2D eigenvalue weighted by atomic mass is 32.2. The van der Waals surface area contributed by atoms with Crippen LogP contribution in [0.2, 0.25) is 0 Å². The Labute approximate surface area is 131 Å². The first-order chi connectivity index (χ1) is 10.5. The number of sulfone groups is 1. The average Bonchev–Trinajstić information content (AvgIpc) is 2.94. The van der Waals surface area contributed by atoms with Crippen LogP contribution in [-0.2, 0) is 16.4 Å². The standard InChI is InChI=1S/C17H21NO3S/c1-14-9-10-18(11-12-22(14,19)20)13-16-7-8-17(21-16)15-5-3-2-4-6-15/h2-8,14H,9-13H2,1H3/t14-/m0/s1. The van der Waals surface area contributed by atoms with Crippen LogP contribution in [0.3, 0.4) is 0 Å². The van der Waals surface area contributed by atoms with Crippen LogP contribution in [-0.4, -0.2) is 37.4 Å². The number of hydrogen-bond donors (Lipinski definition) is 0. The summed E-state index contributed by atoms with van der Waals surface area (Å²) in [6, 6.07) is 13.9. The fraction of sp³-hybridized carbons (Fsp3) is 0.412. The Balaban J connectivity index is 1.68. The maximum Gasteiger partial charge on any atom is 0.154 e. The lowest BCUT2D eigenvalue weighted by Gasteiger charge is -2.17. The van der Waals surface area contributed by atoms with Crippen LogP contribution in [0.15, 0.2) is 46.9 Å². The van der Waals surface area contributed by atoms with E-state index < -0.39 is 9.84 Å². The SMILES string of the molecule is C[C@H]1CCN(Cc2ccc(-c3ccccc3)o2)CCS1(=O)=O. The maximum absolute atomic E-state index is 11.9. The normalized spacial score (nSPS) is 22.3. The van der Waals surface area contributed by atoms with Crippen molar-refractivity contribution in [3.63, 3.8) is 0 Å². The zero-order valence-corrected chi connectivity index (χ0v) is 13.6. The highest BCUT2D eigenvalue weighted by Gasteiger charge is 2.26. The van der Waals surface area contributed by atoms with E-state index in [-0.39, 0.29) is 11.0 Å². The zero-order valence-electron chi connectivity index (χ0n) is 12.7. The molecular weight excluding hydrogens is 298 g/mol. The summed E-state index contributed by atoms with van der Waals surface area (Å²) >= 11 is 0. The van der Waals surface area contributed by atoms with Crippen molar-refractivity contribution in [1.29, 1.82) is 0 Å². The summed E-state index contributed by atoms with van der Waals surface area (Å²) in [5.74, 6) is 1.97. The Morgan fingerprint density at radius 3 is 2.68 bits per heavy atom. The van der Waals surface area contributed by atoms with E-state index in [0.29, 0.717) is 19.5 Å². The van der Waals surface area contributed by atoms with Gasteiger partial charge in [-0.2, -0.15) is 0 Å². The van der Waals surface area contributed by atoms with E-state index in [1.807, 2.05) is 42.5 Å². The van der Waals surface area contributed by atoms with Gasteiger partial charge in [-0.3, -0.25) is 4.90 Å². The average molecular weight is 319 g/mol. The molecule has 1 aromatic heterocycles. The number of furan rings is 1. The summed E-state index contributed by atoms with van der Waals surface area (Å²) < 4.78 is 29.8. The summed E-state index contributed by atoms with van der Waals surface area (Å²) in [5.41, 5.74) is 1.06. The van der Waals surface area contributed by atoms with Crippen molar-refractivity contribution in [2.45, 2.75) is 25.1 Å². The molecule has 3 rings (SSSR count). The fourth-order valence-electron chi connectivity index (χ4n) is 2.71. The van der Waals surface area contributed by atoms with E-state index in [2.05, 4.69) is 4.90 Å². The predicted octanol–water partition coefficient (Wildman–Crippen LogP) is 2.96. The van der Waals surface area contributed by atoms with E-state index >= 15 is 0 Å². The largest absolute Gasteiger partial charge is 0.460 e. The third kappa shape index (κ3) is 3.42. The van der Waals surface area contributed by atoms with E-state index in [1.54, 1.807) is 6.92 Å². The second-order valence-electron chi connectivity index (χ2n) is 5.87. The molecule has 0 radical (unpaired) electrons. The lowest BCUT2D eigenvalue weighted by atomic mass is 10.2. The first kappa shape index (κ1) is 15.3. The molecular formula is C17H21NO3S. The van der Waals surface area contributed by atoms with Crippen LogP contribution < -0.4 is 0 Å². The molecule has 2 heterocycles. The lowest BCUT2D eigenvalue weighted by Crippen LogP contribution is -2.26. The quantitative estimate of drug-likeness (QED) is 0.873. The number of benzene rings is 1. The zero-order chi connectivity index (χ0) is 15.6. The molecule has 0 bridgehead atoms. The van der Waals surface area contributed by atoms with Gasteiger partial charge in [0, 0.05) is 12.1 Å². The predicted molar refractivity (Wildman–Crippen MR) is 87.3 cm³/mol. The van der Waals surface area contributed by atoms with Crippen molar-refractivity contribution >= 4 is 9.84 Å². The molecule has 0 saturated carbocycles. The van der Waals surface area contributed by atoms with Crippen LogP contribution in [0.1, 0.15) is 19.1 Å². The van der Waals surface area contributed by atoms with Crippen molar-refractivity contribution in [3.05, 3.63) is 48.2 Å². The molecule has 0 amide bonds. The van der Waals surface area contributed by atoms with Crippen molar-refractivity contribution in [2.24, 2.45) is 0 Å². The molecule has 1 aromatic carbocycles. The number of hydrogen-bond acceptors (Lipinski definition) is 4. The molecule has 5 heteroatoms. The van der Waals surface area contributed by atoms with Gasteiger partial charge >= 0.3 is 0 Å². The summed E-state index contributed by atoms with van der Waals surface area (Å²) in [7, 11) is -2.93. The first-order valence-electron chi connectivity index (χ1n) is 7.63. The molecule has 0 spiro atoms. The Morgan fingerprint density at radius 2 is 1.91 bits per heavy atom. The van der Waals surface area contributed by atoms with Gasteiger partial charge in [-0.15, -0.1) is 0 Å². The van der Waals surface area contributed by atoms with Gasteiger partial charge < -0.3 is 4.42 Å². The summed E-state index contributed by atoms with van der Waals surface area (Å²) in [6.45, 7) is 3.84. The minimum Gasteiger partial charge on any atom is -0.460 e. The van der Waals surface area contributed by atoms with Gasteiger partial charge in [0.1, 0.15) is 11.5 Å². The third-order valence-corrected chi connectivity index (χ3v) is 6.47. The minimum absolute atomic E-state index is 0.237. The molecule has 0 unspecified atom stereocenters. The van der Waals surface area contributed by atoms with E-state index in [9.17, 15) is 8.42 Å². The van der Waals surface area contributed by atoms with Gasteiger partial charge in [0.25, 0.3) is 0 Å². The molecule has 1 aliphatic rings. The molecule has 0 N–H and O–H groups in total. The van der Waals surface area contributed by atoms with Gasteiger partial charge in [0.2, 0.25) is 0 Å². The Kier molecular flexibility index (Phi) is 4.36. The summed E-state index contributed by atoms with van der Waals surface area (Å²) in [5, 5.41) is -0.242. The van der Waals surface area contributed by atoms with Crippen LogP contribution in [0, 0.1) is 0 Å². The second kappa shape index (κ2) is 6.26. The summed E-state index contributed by atoms with van der Waals surface area (Å²) in [4.78, 5) is 2.16. The van der Waals surface area contributed by atoms with Gasteiger partial charge in [-0.25, -0.2) is 8.42 Å². The van der Waals surface area contributed by atoms with Crippen LogP contribution >= 0.6 is 0 Å². The van der Waals surface area contributed by atoms with Crippen LogP contribution in [0.4, 0.5) is 0 Å². The molecule has 0 aliphatic carbocycles. The Morgan fingerprint density at radius 1 is 1.14 bits per heavy atom. The molecule has 1 aliphatic heterocycles. The topological polar surface area (TPSA) is 50.5 Å². The van der Waals surface area contributed by atoms with Gasteiger partial charge in [0.15, 0.2) is 9.84 Å². The Bertz CT molecular complexity index is 721. The third-order valence-electron chi connectivity index (χ3n) is 4.26. The van der Waals surface area contributed by atoms with E-state index in [1.165, 1.54) is 0 Å². The van der Waals surface area contributed by atoms with Gasteiger partial charge in [-0.05, 0) is 32.0 Å². The van der Waals surface area contributed by atoms with Gasteiger partial charge in [-0.1, -0.05) is 30.3 Å². The van der Waals surface area contributed by atoms with Gasteiger partial charge in [0.05, 0.1) is 17.5 Å². The maximum atomic E-state index is 11.9. The number of rotatable bonds is 3. The van der Waals surface area contributed by atoms with Crippen LogP contribution in [0.5, 0.6) is 0 Å². The molecule has 1 atom stereocenters.